The van der Waals surface area contributed by atoms with Crippen LogP contribution < -0.4 is 5.32 Å². The van der Waals surface area contributed by atoms with Crippen LogP contribution >= 0.6 is 0 Å². The summed E-state index contributed by atoms with van der Waals surface area (Å²) in [6.07, 6.45) is 3.67. The van der Waals surface area contributed by atoms with Crippen LogP contribution in [0.1, 0.15) is 23.3 Å². The van der Waals surface area contributed by atoms with E-state index in [0.29, 0.717) is 23.7 Å². The van der Waals surface area contributed by atoms with Gasteiger partial charge in [-0.25, -0.2) is 9.97 Å². The predicted molar refractivity (Wildman–Crippen MR) is 122 cm³/mol. The molecule has 1 N–H and O–H groups in total. The molecule has 164 valence electrons. The summed E-state index contributed by atoms with van der Waals surface area (Å²) in [5.41, 5.74) is 5.00. The van der Waals surface area contributed by atoms with Crippen LogP contribution in [0.25, 0.3) is 27.9 Å². The van der Waals surface area contributed by atoms with E-state index in [9.17, 15) is 4.79 Å². The van der Waals surface area contributed by atoms with Crippen molar-refractivity contribution in [2.75, 3.05) is 32.7 Å². The van der Waals surface area contributed by atoms with Crippen LogP contribution in [0.4, 0.5) is 0 Å². The zero-order valence-corrected chi connectivity index (χ0v) is 18.3. The van der Waals surface area contributed by atoms with Crippen molar-refractivity contribution < 1.29 is 9.21 Å². The number of nitrogens with one attached hydrogen (secondary N) is 1. The van der Waals surface area contributed by atoms with Crippen molar-refractivity contribution in [3.05, 3.63) is 54.3 Å². The number of benzene rings is 1. The minimum Gasteiger partial charge on any atom is -0.441 e. The van der Waals surface area contributed by atoms with E-state index in [1.54, 1.807) is 6.20 Å². The minimum atomic E-state index is 0.0386. The van der Waals surface area contributed by atoms with Crippen LogP contribution in [0.15, 0.2) is 47.1 Å². The van der Waals surface area contributed by atoms with Crippen molar-refractivity contribution in [1.82, 2.24) is 29.5 Å². The summed E-state index contributed by atoms with van der Waals surface area (Å²) in [7, 11) is 0. The van der Waals surface area contributed by atoms with Crippen molar-refractivity contribution in [2.45, 2.75) is 25.9 Å². The molecule has 0 saturated carbocycles. The van der Waals surface area contributed by atoms with E-state index in [-0.39, 0.29) is 5.91 Å². The third kappa shape index (κ3) is 3.27. The maximum atomic E-state index is 13.2. The molecule has 2 fully saturated rings. The van der Waals surface area contributed by atoms with Crippen molar-refractivity contribution >= 4 is 22.7 Å². The van der Waals surface area contributed by atoms with Crippen LogP contribution in [-0.4, -0.2) is 74.9 Å². The SMILES string of the molecule is Cc1nc2cc(-c3ccc4ncc(C(=O)N5CC(N6CCN[C@@H](C)C6)C5)n4c3)ccc2o1. The fourth-order valence-electron chi connectivity index (χ4n) is 4.84. The molecule has 0 radical (unpaired) electrons. The summed E-state index contributed by atoms with van der Waals surface area (Å²) < 4.78 is 7.49. The third-order valence-corrected chi connectivity index (χ3v) is 6.62. The highest BCUT2D eigenvalue weighted by molar-refractivity contribution is 5.94. The van der Waals surface area contributed by atoms with E-state index in [2.05, 4.69) is 27.1 Å². The Morgan fingerprint density at radius 2 is 2.00 bits per heavy atom. The molecule has 1 aromatic carbocycles. The second-order valence-electron chi connectivity index (χ2n) is 8.92. The smallest absolute Gasteiger partial charge is 0.272 e. The Labute approximate surface area is 185 Å². The molecule has 8 heteroatoms. The van der Waals surface area contributed by atoms with Crippen molar-refractivity contribution in [3.63, 3.8) is 0 Å². The molecule has 8 nitrogen and oxygen atoms in total. The van der Waals surface area contributed by atoms with Gasteiger partial charge in [0.1, 0.15) is 16.9 Å². The number of piperazine rings is 1. The van der Waals surface area contributed by atoms with Crippen LogP contribution in [0.5, 0.6) is 0 Å². The van der Waals surface area contributed by atoms with E-state index in [0.717, 1.165) is 60.6 Å². The van der Waals surface area contributed by atoms with Gasteiger partial charge in [0.25, 0.3) is 5.91 Å². The summed E-state index contributed by atoms with van der Waals surface area (Å²) in [5, 5.41) is 3.48. The van der Waals surface area contributed by atoms with Gasteiger partial charge < -0.3 is 14.6 Å². The van der Waals surface area contributed by atoms with E-state index < -0.39 is 0 Å². The van der Waals surface area contributed by atoms with Gasteiger partial charge >= 0.3 is 0 Å². The molecule has 3 aromatic heterocycles. The fraction of sp³-hybridized carbons (Fsp3) is 0.375. The number of imidazole rings is 1. The number of hydrogen-bond donors (Lipinski definition) is 1. The molecule has 2 aliphatic rings. The van der Waals surface area contributed by atoms with Gasteiger partial charge in [0.15, 0.2) is 11.5 Å². The Morgan fingerprint density at radius 3 is 2.84 bits per heavy atom. The van der Waals surface area contributed by atoms with Crippen molar-refractivity contribution in [2.24, 2.45) is 0 Å². The average Bonchev–Trinajstić information content (AvgIpc) is 3.34. The van der Waals surface area contributed by atoms with Crippen molar-refractivity contribution in [1.29, 1.82) is 0 Å². The van der Waals surface area contributed by atoms with Gasteiger partial charge in [-0.3, -0.25) is 14.1 Å². The maximum absolute atomic E-state index is 13.2. The van der Waals surface area contributed by atoms with E-state index in [4.69, 9.17) is 4.42 Å². The molecule has 0 aliphatic carbocycles. The van der Waals surface area contributed by atoms with Crippen LogP contribution in [0.2, 0.25) is 0 Å². The highest BCUT2D eigenvalue weighted by Crippen LogP contribution is 2.26. The first-order valence-electron chi connectivity index (χ1n) is 11.2. The number of carbonyl (C=O) groups is 1. The molecular weight excluding hydrogens is 404 g/mol. The standard InChI is InChI=1S/C24H26N6O2/c1-15-11-28(8-7-25-15)19-13-29(14-19)24(31)21-10-26-23-6-4-18(12-30(21)23)17-3-5-22-20(9-17)27-16(2)32-22/h3-6,9-10,12,15,19,25H,7-8,11,13-14H2,1-2H3/t15-/m0/s1. The second kappa shape index (κ2) is 7.43. The Kier molecular flexibility index (Phi) is 4.51. The largest absolute Gasteiger partial charge is 0.441 e. The molecule has 0 spiro atoms. The summed E-state index contributed by atoms with van der Waals surface area (Å²) >= 11 is 0. The lowest BCUT2D eigenvalue weighted by molar-refractivity contribution is 0.0175. The zero-order valence-electron chi connectivity index (χ0n) is 18.3. The van der Waals surface area contributed by atoms with Gasteiger partial charge in [-0.1, -0.05) is 6.07 Å². The number of amides is 1. The number of fused-ring (bicyclic) bond motifs is 2. The number of aryl methyl sites for hydroxylation is 1. The zero-order chi connectivity index (χ0) is 21.8. The average molecular weight is 431 g/mol. The Morgan fingerprint density at radius 1 is 1.16 bits per heavy atom. The Hall–Kier alpha value is -3.23. The summed E-state index contributed by atoms with van der Waals surface area (Å²) in [6.45, 7) is 8.72. The summed E-state index contributed by atoms with van der Waals surface area (Å²) in [4.78, 5) is 26.6. The lowest BCUT2D eigenvalue weighted by Gasteiger charge is -2.47. The lowest BCUT2D eigenvalue weighted by atomic mass is 10.0. The highest BCUT2D eigenvalue weighted by Gasteiger charge is 2.37. The fourth-order valence-corrected chi connectivity index (χ4v) is 4.84. The maximum Gasteiger partial charge on any atom is 0.272 e. The van der Waals surface area contributed by atoms with E-state index >= 15 is 0 Å². The number of likely N-dealkylation sites (tertiary alicyclic amines) is 1. The highest BCUT2D eigenvalue weighted by atomic mass is 16.3. The number of oxazole rings is 1. The van der Waals surface area contributed by atoms with Gasteiger partial charge in [-0.05, 0) is 42.3 Å². The quantitative estimate of drug-likeness (QED) is 0.538. The number of aromatic nitrogens is 3. The first kappa shape index (κ1) is 19.5. The van der Waals surface area contributed by atoms with Crippen LogP contribution in [0, 0.1) is 6.92 Å². The van der Waals surface area contributed by atoms with Gasteiger partial charge in [0.05, 0.1) is 6.20 Å². The molecule has 5 heterocycles. The Bertz CT molecular complexity index is 1320. The first-order chi connectivity index (χ1) is 15.5. The summed E-state index contributed by atoms with van der Waals surface area (Å²) in [5.74, 6) is 0.690. The second-order valence-corrected chi connectivity index (χ2v) is 8.92. The third-order valence-electron chi connectivity index (χ3n) is 6.62. The van der Waals surface area contributed by atoms with E-state index in [1.807, 2.05) is 52.8 Å². The van der Waals surface area contributed by atoms with E-state index in [1.165, 1.54) is 0 Å². The molecule has 4 aromatic rings. The number of hydrogen-bond acceptors (Lipinski definition) is 6. The molecule has 6 rings (SSSR count). The van der Waals surface area contributed by atoms with Gasteiger partial charge in [-0.2, -0.15) is 0 Å². The molecule has 0 bridgehead atoms. The molecule has 1 atom stereocenters. The number of pyridine rings is 1. The van der Waals surface area contributed by atoms with Gasteiger partial charge in [0, 0.05) is 57.9 Å². The Balaban J connectivity index is 1.24. The van der Waals surface area contributed by atoms with Gasteiger partial charge in [-0.15, -0.1) is 0 Å². The normalized spacial score (nSPS) is 20.2. The van der Waals surface area contributed by atoms with Gasteiger partial charge in [0.2, 0.25) is 0 Å². The van der Waals surface area contributed by atoms with Crippen LogP contribution in [-0.2, 0) is 0 Å². The number of carbonyl (C=O) groups excluding carboxylic acids is 1. The minimum absolute atomic E-state index is 0.0386. The molecule has 0 unspecified atom stereocenters. The lowest BCUT2D eigenvalue weighted by Crippen LogP contribution is -2.65. The monoisotopic (exact) mass is 430 g/mol. The number of rotatable bonds is 3. The summed E-state index contributed by atoms with van der Waals surface area (Å²) in [6, 6.07) is 10.9. The van der Waals surface area contributed by atoms with Crippen molar-refractivity contribution in [3.8, 4) is 11.1 Å². The molecular formula is C24H26N6O2. The van der Waals surface area contributed by atoms with Crippen LogP contribution in [0.3, 0.4) is 0 Å². The number of nitrogens with zero attached hydrogens (tertiary/aromatic N) is 5. The molecule has 2 aliphatic heterocycles. The molecule has 32 heavy (non-hydrogen) atoms. The molecule has 2 saturated heterocycles. The first-order valence-corrected chi connectivity index (χ1v) is 11.2. The topological polar surface area (TPSA) is 78.9 Å². The molecule has 1 amide bonds. The predicted octanol–water partition coefficient (Wildman–Crippen LogP) is 2.57.